The molecule has 0 radical (unpaired) electrons. The first kappa shape index (κ1) is 12.2. The van der Waals surface area contributed by atoms with Crippen molar-refractivity contribution in [3.8, 4) is 0 Å². The van der Waals surface area contributed by atoms with Crippen molar-refractivity contribution in [1.82, 2.24) is 9.78 Å². The third-order valence-electron chi connectivity index (χ3n) is 2.78. The van der Waals surface area contributed by atoms with Gasteiger partial charge in [0.25, 0.3) is 0 Å². The number of hydrogen-bond acceptors (Lipinski definition) is 2. The lowest BCUT2D eigenvalue weighted by Gasteiger charge is -2.06. The monoisotopic (exact) mass is 293 g/mol. The van der Waals surface area contributed by atoms with Crippen LogP contribution in [0.1, 0.15) is 16.8 Å². The van der Waals surface area contributed by atoms with E-state index in [0.29, 0.717) is 0 Å². The Bertz CT molecular complexity index is 512. The summed E-state index contributed by atoms with van der Waals surface area (Å²) in [4.78, 5) is 0. The summed E-state index contributed by atoms with van der Waals surface area (Å²) in [6.45, 7) is 4.90. The molecule has 17 heavy (non-hydrogen) atoms. The highest BCUT2D eigenvalue weighted by Gasteiger charge is 2.03. The molecule has 0 saturated heterocycles. The van der Waals surface area contributed by atoms with Crippen molar-refractivity contribution in [2.45, 2.75) is 20.4 Å². The zero-order valence-corrected chi connectivity index (χ0v) is 11.9. The minimum absolute atomic E-state index is 0.775. The minimum atomic E-state index is 0.775. The summed E-state index contributed by atoms with van der Waals surface area (Å²) in [7, 11) is 1.95. The number of halogens is 1. The van der Waals surface area contributed by atoms with Crippen LogP contribution >= 0.6 is 15.9 Å². The molecule has 4 heteroatoms. The van der Waals surface area contributed by atoms with Crippen molar-refractivity contribution in [1.29, 1.82) is 0 Å². The summed E-state index contributed by atoms with van der Waals surface area (Å²) in [6.07, 6.45) is 0. The van der Waals surface area contributed by atoms with Crippen LogP contribution in [0, 0.1) is 13.8 Å². The third kappa shape index (κ3) is 2.88. The molecule has 2 rings (SSSR count). The van der Waals surface area contributed by atoms with E-state index in [1.165, 1.54) is 11.1 Å². The summed E-state index contributed by atoms with van der Waals surface area (Å²) in [5.41, 5.74) is 3.64. The molecule has 0 spiro atoms. The van der Waals surface area contributed by atoms with Gasteiger partial charge in [-0.25, -0.2) is 0 Å². The highest BCUT2D eigenvalue weighted by atomic mass is 79.9. The molecular weight excluding hydrogens is 278 g/mol. The Morgan fingerprint density at radius 3 is 2.65 bits per heavy atom. The van der Waals surface area contributed by atoms with E-state index in [0.717, 1.165) is 22.5 Å². The molecule has 0 aliphatic heterocycles. The number of aromatic nitrogens is 2. The molecule has 0 unspecified atom stereocenters. The SMILES string of the molecule is Cc1ccc(CNc2cc(C)n(C)n2)c(Br)c1. The van der Waals surface area contributed by atoms with Gasteiger partial charge >= 0.3 is 0 Å². The van der Waals surface area contributed by atoms with Gasteiger partial charge in [0.05, 0.1) is 0 Å². The van der Waals surface area contributed by atoms with Crippen molar-refractivity contribution in [3.05, 3.63) is 45.6 Å². The molecule has 1 aromatic heterocycles. The Hall–Kier alpha value is -1.29. The van der Waals surface area contributed by atoms with Crippen molar-refractivity contribution in [2.75, 3.05) is 5.32 Å². The zero-order chi connectivity index (χ0) is 12.4. The number of anilines is 1. The summed E-state index contributed by atoms with van der Waals surface area (Å²) in [5, 5.41) is 7.68. The van der Waals surface area contributed by atoms with Crippen LogP contribution in [0.4, 0.5) is 5.82 Å². The summed E-state index contributed by atoms with van der Waals surface area (Å²) >= 11 is 3.57. The average Bonchev–Trinajstić information content (AvgIpc) is 2.57. The van der Waals surface area contributed by atoms with E-state index in [-0.39, 0.29) is 0 Å². The number of nitrogens with one attached hydrogen (secondary N) is 1. The fraction of sp³-hybridized carbons (Fsp3) is 0.308. The Labute approximate surface area is 110 Å². The van der Waals surface area contributed by atoms with Crippen LogP contribution in [0.2, 0.25) is 0 Å². The van der Waals surface area contributed by atoms with Crippen molar-refractivity contribution >= 4 is 21.7 Å². The van der Waals surface area contributed by atoms with Gasteiger partial charge in [-0.1, -0.05) is 28.1 Å². The maximum Gasteiger partial charge on any atom is 0.148 e. The molecule has 1 aromatic carbocycles. The molecular formula is C13H16BrN3. The maximum absolute atomic E-state index is 4.36. The molecule has 1 heterocycles. The van der Waals surface area contributed by atoms with Gasteiger partial charge in [0, 0.05) is 29.8 Å². The molecule has 2 aromatic rings. The van der Waals surface area contributed by atoms with Gasteiger partial charge in [-0.2, -0.15) is 5.10 Å². The van der Waals surface area contributed by atoms with Crippen LogP contribution in [-0.2, 0) is 13.6 Å². The first-order valence-corrected chi connectivity index (χ1v) is 6.35. The van der Waals surface area contributed by atoms with E-state index in [2.05, 4.69) is 51.5 Å². The van der Waals surface area contributed by atoms with Crippen molar-refractivity contribution in [3.63, 3.8) is 0 Å². The predicted octanol–water partition coefficient (Wildman–Crippen LogP) is 3.41. The van der Waals surface area contributed by atoms with E-state index in [9.17, 15) is 0 Å². The number of benzene rings is 1. The highest BCUT2D eigenvalue weighted by molar-refractivity contribution is 9.10. The minimum Gasteiger partial charge on any atom is -0.364 e. The van der Waals surface area contributed by atoms with E-state index in [4.69, 9.17) is 0 Å². The number of hydrogen-bond donors (Lipinski definition) is 1. The summed E-state index contributed by atoms with van der Waals surface area (Å²) in [5.74, 6) is 0.914. The zero-order valence-electron chi connectivity index (χ0n) is 10.3. The number of aryl methyl sites for hydroxylation is 3. The van der Waals surface area contributed by atoms with Crippen LogP contribution in [0.3, 0.4) is 0 Å². The van der Waals surface area contributed by atoms with Gasteiger partial charge in [-0.15, -0.1) is 0 Å². The second kappa shape index (κ2) is 4.92. The topological polar surface area (TPSA) is 29.9 Å². The van der Waals surface area contributed by atoms with Gasteiger partial charge in [0.15, 0.2) is 0 Å². The summed E-state index contributed by atoms with van der Waals surface area (Å²) < 4.78 is 3.00. The molecule has 0 bridgehead atoms. The Kier molecular flexibility index (Phi) is 3.52. The molecule has 0 saturated carbocycles. The third-order valence-corrected chi connectivity index (χ3v) is 3.52. The molecule has 1 N–H and O–H groups in total. The van der Waals surface area contributed by atoms with Crippen LogP contribution in [0.25, 0.3) is 0 Å². The molecule has 0 fully saturated rings. The van der Waals surface area contributed by atoms with Crippen LogP contribution in [0.5, 0.6) is 0 Å². The number of rotatable bonds is 3. The van der Waals surface area contributed by atoms with E-state index < -0.39 is 0 Å². The second-order valence-electron chi connectivity index (χ2n) is 4.24. The van der Waals surface area contributed by atoms with Crippen LogP contribution in [-0.4, -0.2) is 9.78 Å². The Morgan fingerprint density at radius 2 is 2.06 bits per heavy atom. The van der Waals surface area contributed by atoms with Gasteiger partial charge < -0.3 is 5.32 Å². The Balaban J connectivity index is 2.07. The largest absolute Gasteiger partial charge is 0.364 e. The lowest BCUT2D eigenvalue weighted by molar-refractivity contribution is 0.741. The molecule has 3 nitrogen and oxygen atoms in total. The second-order valence-corrected chi connectivity index (χ2v) is 5.10. The van der Waals surface area contributed by atoms with Gasteiger partial charge in [0.1, 0.15) is 5.82 Å². The lowest BCUT2D eigenvalue weighted by atomic mass is 10.1. The van der Waals surface area contributed by atoms with Crippen LogP contribution in [0.15, 0.2) is 28.7 Å². The first-order chi connectivity index (χ1) is 8.06. The standard InChI is InChI=1S/C13H16BrN3/c1-9-4-5-11(12(14)6-9)8-15-13-7-10(2)17(3)16-13/h4-7H,8H2,1-3H3,(H,15,16). The molecule has 90 valence electrons. The fourth-order valence-corrected chi connectivity index (χ4v) is 2.26. The van der Waals surface area contributed by atoms with Gasteiger partial charge in [-0.05, 0) is 31.0 Å². The van der Waals surface area contributed by atoms with Gasteiger partial charge in [-0.3, -0.25) is 4.68 Å². The van der Waals surface area contributed by atoms with Gasteiger partial charge in [0.2, 0.25) is 0 Å². The average molecular weight is 294 g/mol. The predicted molar refractivity (Wildman–Crippen MR) is 74.2 cm³/mol. The van der Waals surface area contributed by atoms with E-state index in [1.54, 1.807) is 0 Å². The fourth-order valence-electron chi connectivity index (χ4n) is 1.63. The molecule has 0 atom stereocenters. The Morgan fingerprint density at radius 1 is 1.29 bits per heavy atom. The lowest BCUT2D eigenvalue weighted by Crippen LogP contribution is -2.01. The maximum atomic E-state index is 4.36. The first-order valence-electron chi connectivity index (χ1n) is 5.56. The molecule has 0 aliphatic rings. The summed E-state index contributed by atoms with van der Waals surface area (Å²) in [6, 6.07) is 8.41. The number of nitrogens with zero attached hydrogens (tertiary/aromatic N) is 2. The smallest absolute Gasteiger partial charge is 0.148 e. The highest BCUT2D eigenvalue weighted by Crippen LogP contribution is 2.19. The van der Waals surface area contributed by atoms with Crippen LogP contribution < -0.4 is 5.32 Å². The molecule has 0 amide bonds. The normalized spacial score (nSPS) is 10.6. The molecule has 0 aliphatic carbocycles. The van der Waals surface area contributed by atoms with Crippen molar-refractivity contribution < 1.29 is 0 Å². The van der Waals surface area contributed by atoms with E-state index >= 15 is 0 Å². The van der Waals surface area contributed by atoms with Crippen molar-refractivity contribution in [2.24, 2.45) is 7.05 Å². The van der Waals surface area contributed by atoms with E-state index in [1.807, 2.05) is 24.7 Å². The quantitative estimate of drug-likeness (QED) is 0.940.